The van der Waals surface area contributed by atoms with Gasteiger partial charge in [0, 0.05) is 30.3 Å². The van der Waals surface area contributed by atoms with Crippen LogP contribution in [0, 0.1) is 0 Å². The number of carbonyl (C=O) groups is 1. The standard InChI is InChI=1S/C26H22N4O3/c31-25(18-10-11-21-20(16-18)24(33-28-21)17-6-2-1-3-7-17)29-14-12-19(13-15-29)30-23-9-5-4-8-22(23)27-26(30)32/h1-11,16,19H,12-15H2,(H,27,32). The van der Waals surface area contributed by atoms with Gasteiger partial charge in [0.1, 0.15) is 5.52 Å². The summed E-state index contributed by atoms with van der Waals surface area (Å²) in [5, 5.41) is 4.97. The molecule has 164 valence electrons. The number of rotatable bonds is 3. The monoisotopic (exact) mass is 438 g/mol. The topological polar surface area (TPSA) is 84.1 Å². The highest BCUT2D eigenvalue weighted by Gasteiger charge is 2.27. The first-order chi connectivity index (χ1) is 16.2. The predicted octanol–water partition coefficient (Wildman–Crippen LogP) is 4.62. The van der Waals surface area contributed by atoms with Crippen LogP contribution >= 0.6 is 0 Å². The molecule has 6 rings (SSSR count). The molecule has 1 amide bonds. The summed E-state index contributed by atoms with van der Waals surface area (Å²) in [7, 11) is 0. The quantitative estimate of drug-likeness (QED) is 0.446. The maximum Gasteiger partial charge on any atom is 0.326 e. The maximum atomic E-state index is 13.3. The summed E-state index contributed by atoms with van der Waals surface area (Å²) in [6, 6.07) is 23.1. The molecule has 7 heteroatoms. The molecule has 0 spiro atoms. The number of hydrogen-bond acceptors (Lipinski definition) is 4. The first-order valence-electron chi connectivity index (χ1n) is 11.1. The molecule has 0 aliphatic carbocycles. The van der Waals surface area contributed by atoms with Gasteiger partial charge in [-0.15, -0.1) is 0 Å². The Kier molecular flexibility index (Phi) is 4.61. The Morgan fingerprint density at radius 1 is 0.970 bits per heavy atom. The summed E-state index contributed by atoms with van der Waals surface area (Å²) in [4.78, 5) is 30.6. The van der Waals surface area contributed by atoms with E-state index in [1.54, 1.807) is 6.07 Å². The second kappa shape index (κ2) is 7.78. The van der Waals surface area contributed by atoms with Gasteiger partial charge in [0.2, 0.25) is 0 Å². The van der Waals surface area contributed by atoms with Crippen molar-refractivity contribution in [1.82, 2.24) is 19.6 Å². The van der Waals surface area contributed by atoms with E-state index >= 15 is 0 Å². The summed E-state index contributed by atoms with van der Waals surface area (Å²) in [5.41, 5.74) is 3.94. The van der Waals surface area contributed by atoms with E-state index in [9.17, 15) is 9.59 Å². The zero-order chi connectivity index (χ0) is 22.4. The van der Waals surface area contributed by atoms with Gasteiger partial charge in [-0.1, -0.05) is 47.6 Å². The second-order valence-corrected chi connectivity index (χ2v) is 8.45. The van der Waals surface area contributed by atoms with Crippen molar-refractivity contribution in [2.75, 3.05) is 13.1 Å². The number of benzene rings is 3. The van der Waals surface area contributed by atoms with E-state index in [-0.39, 0.29) is 17.6 Å². The molecule has 0 saturated carbocycles. The third kappa shape index (κ3) is 3.33. The molecule has 7 nitrogen and oxygen atoms in total. The minimum absolute atomic E-state index is 0.0122. The molecular weight excluding hydrogens is 416 g/mol. The number of nitrogens with zero attached hydrogens (tertiary/aromatic N) is 3. The van der Waals surface area contributed by atoms with Crippen molar-refractivity contribution < 1.29 is 9.32 Å². The summed E-state index contributed by atoms with van der Waals surface area (Å²) in [6.45, 7) is 1.20. The van der Waals surface area contributed by atoms with Gasteiger partial charge < -0.3 is 14.4 Å². The maximum absolute atomic E-state index is 13.3. The van der Waals surface area contributed by atoms with Crippen LogP contribution in [-0.4, -0.2) is 38.6 Å². The number of piperidine rings is 1. The SMILES string of the molecule is O=C(c1ccc2noc(-c3ccccc3)c2c1)N1CCC(n2c(=O)[nH]c3ccccc32)CC1. The number of H-pyrrole nitrogens is 1. The zero-order valence-electron chi connectivity index (χ0n) is 17.9. The lowest BCUT2D eigenvalue weighted by Crippen LogP contribution is -2.40. The number of para-hydroxylation sites is 2. The van der Waals surface area contributed by atoms with Crippen LogP contribution in [-0.2, 0) is 0 Å². The summed E-state index contributed by atoms with van der Waals surface area (Å²) < 4.78 is 7.41. The number of carbonyl (C=O) groups excluding carboxylic acids is 1. The van der Waals surface area contributed by atoms with Gasteiger partial charge in [-0.2, -0.15) is 0 Å². The van der Waals surface area contributed by atoms with E-state index < -0.39 is 0 Å². The smallest absolute Gasteiger partial charge is 0.326 e. The molecule has 5 aromatic rings. The average Bonchev–Trinajstić information content (AvgIpc) is 3.44. The number of nitrogens with one attached hydrogen (secondary N) is 1. The van der Waals surface area contributed by atoms with Crippen LogP contribution in [0.1, 0.15) is 29.2 Å². The van der Waals surface area contributed by atoms with Gasteiger partial charge in [0.15, 0.2) is 5.76 Å². The van der Waals surface area contributed by atoms with Crippen LogP contribution in [0.5, 0.6) is 0 Å². The van der Waals surface area contributed by atoms with E-state index in [0.717, 1.165) is 40.3 Å². The molecule has 3 heterocycles. The van der Waals surface area contributed by atoms with E-state index in [4.69, 9.17) is 4.52 Å². The van der Waals surface area contributed by atoms with Crippen molar-refractivity contribution >= 4 is 27.8 Å². The van der Waals surface area contributed by atoms with Crippen LogP contribution in [0.25, 0.3) is 33.3 Å². The number of likely N-dealkylation sites (tertiary alicyclic amines) is 1. The minimum atomic E-state index is -0.0904. The first kappa shape index (κ1) is 19.5. The fourth-order valence-corrected chi connectivity index (χ4v) is 4.82. The number of imidazole rings is 1. The minimum Gasteiger partial charge on any atom is -0.355 e. The lowest BCUT2D eigenvalue weighted by atomic mass is 10.0. The lowest BCUT2D eigenvalue weighted by molar-refractivity contribution is 0.0695. The van der Waals surface area contributed by atoms with Gasteiger partial charge in [0.25, 0.3) is 5.91 Å². The number of aromatic nitrogens is 3. The Balaban J connectivity index is 1.24. The van der Waals surface area contributed by atoms with Crippen LogP contribution in [0.2, 0.25) is 0 Å². The Morgan fingerprint density at radius 3 is 2.55 bits per heavy atom. The van der Waals surface area contributed by atoms with Crippen molar-refractivity contribution in [1.29, 1.82) is 0 Å². The molecule has 0 unspecified atom stereocenters. The molecule has 1 saturated heterocycles. The molecule has 0 atom stereocenters. The molecule has 2 aromatic heterocycles. The third-order valence-electron chi connectivity index (χ3n) is 6.50. The Morgan fingerprint density at radius 2 is 1.73 bits per heavy atom. The highest BCUT2D eigenvalue weighted by molar-refractivity contribution is 6.01. The molecule has 3 aromatic carbocycles. The van der Waals surface area contributed by atoms with Crippen molar-refractivity contribution in [2.45, 2.75) is 18.9 Å². The van der Waals surface area contributed by atoms with E-state index in [0.29, 0.717) is 24.4 Å². The van der Waals surface area contributed by atoms with Crippen LogP contribution in [0.4, 0.5) is 0 Å². The van der Waals surface area contributed by atoms with Crippen LogP contribution in [0.15, 0.2) is 82.1 Å². The highest BCUT2D eigenvalue weighted by Crippen LogP contribution is 2.30. The molecular formula is C26H22N4O3. The van der Waals surface area contributed by atoms with E-state index in [2.05, 4.69) is 10.1 Å². The fraction of sp³-hybridized carbons (Fsp3) is 0.192. The summed E-state index contributed by atoms with van der Waals surface area (Å²) in [5.74, 6) is 0.652. The first-order valence-corrected chi connectivity index (χ1v) is 11.1. The molecule has 33 heavy (non-hydrogen) atoms. The summed E-state index contributed by atoms with van der Waals surface area (Å²) in [6.07, 6.45) is 1.47. The number of amides is 1. The van der Waals surface area contributed by atoms with Crippen LogP contribution in [0.3, 0.4) is 0 Å². The number of hydrogen-bond donors (Lipinski definition) is 1. The van der Waals surface area contributed by atoms with Crippen molar-refractivity contribution in [3.63, 3.8) is 0 Å². The van der Waals surface area contributed by atoms with Gasteiger partial charge in [-0.25, -0.2) is 4.79 Å². The van der Waals surface area contributed by atoms with Gasteiger partial charge in [0.05, 0.1) is 16.4 Å². The fourth-order valence-electron chi connectivity index (χ4n) is 4.82. The molecule has 0 radical (unpaired) electrons. The van der Waals surface area contributed by atoms with Crippen molar-refractivity contribution in [3.05, 3.63) is 88.8 Å². The average molecular weight is 438 g/mol. The van der Waals surface area contributed by atoms with Gasteiger partial charge in [-0.05, 0) is 43.2 Å². The summed E-state index contributed by atoms with van der Waals surface area (Å²) >= 11 is 0. The van der Waals surface area contributed by atoms with Gasteiger partial charge in [-0.3, -0.25) is 9.36 Å². The number of aromatic amines is 1. The van der Waals surface area contributed by atoms with E-state index in [1.165, 1.54) is 0 Å². The Hall–Kier alpha value is -4.13. The number of fused-ring (bicyclic) bond motifs is 2. The molecule has 1 aliphatic heterocycles. The Bertz CT molecular complexity index is 1520. The third-order valence-corrected chi connectivity index (χ3v) is 6.50. The lowest BCUT2D eigenvalue weighted by Gasteiger charge is -2.32. The normalized spacial score (nSPS) is 14.8. The van der Waals surface area contributed by atoms with Crippen molar-refractivity contribution in [2.24, 2.45) is 0 Å². The predicted molar refractivity (Wildman–Crippen MR) is 126 cm³/mol. The Labute approximate surface area is 189 Å². The van der Waals surface area contributed by atoms with Gasteiger partial charge >= 0.3 is 5.69 Å². The molecule has 1 N–H and O–H groups in total. The largest absolute Gasteiger partial charge is 0.355 e. The highest BCUT2D eigenvalue weighted by atomic mass is 16.5. The molecule has 1 fully saturated rings. The van der Waals surface area contributed by atoms with E-state index in [1.807, 2.05) is 76.2 Å². The zero-order valence-corrected chi connectivity index (χ0v) is 17.9. The van der Waals surface area contributed by atoms with Crippen LogP contribution < -0.4 is 5.69 Å². The van der Waals surface area contributed by atoms with Crippen molar-refractivity contribution in [3.8, 4) is 11.3 Å². The molecule has 1 aliphatic rings. The molecule has 0 bridgehead atoms. The second-order valence-electron chi connectivity index (χ2n) is 8.45.